The summed E-state index contributed by atoms with van der Waals surface area (Å²) in [6.07, 6.45) is 3.72. The van der Waals surface area contributed by atoms with E-state index in [1.165, 1.54) is 0 Å². The summed E-state index contributed by atoms with van der Waals surface area (Å²) < 4.78 is 0. The van der Waals surface area contributed by atoms with E-state index in [0.29, 0.717) is 6.54 Å². The number of aromatic nitrogens is 2. The van der Waals surface area contributed by atoms with Crippen LogP contribution < -0.4 is 5.73 Å². The molecule has 2 heterocycles. The predicted molar refractivity (Wildman–Crippen MR) is 44.0 cm³/mol. The second-order valence-corrected chi connectivity index (χ2v) is 2.44. The fourth-order valence-electron chi connectivity index (χ4n) is 1.10. The van der Waals surface area contributed by atoms with Gasteiger partial charge in [-0.1, -0.05) is 0 Å². The van der Waals surface area contributed by atoms with Crippen LogP contribution in [0.4, 0.5) is 0 Å². The molecule has 2 rings (SSSR count). The number of rotatable bonds is 1. The van der Waals surface area contributed by atoms with Gasteiger partial charge in [0.05, 0.1) is 5.69 Å². The van der Waals surface area contributed by atoms with E-state index in [-0.39, 0.29) is 0 Å². The van der Waals surface area contributed by atoms with Gasteiger partial charge in [-0.3, -0.25) is 4.98 Å². The maximum Gasteiger partial charge on any atom is 0.0560 e. The highest BCUT2D eigenvalue weighted by atomic mass is 14.7. The first-order chi connectivity index (χ1) is 5.40. The molecule has 3 heteroatoms. The Balaban J connectivity index is 2.67. The van der Waals surface area contributed by atoms with Crippen molar-refractivity contribution < 1.29 is 0 Å². The molecule has 0 saturated carbocycles. The fourth-order valence-corrected chi connectivity index (χ4v) is 1.10. The van der Waals surface area contributed by atoms with E-state index in [0.717, 1.165) is 16.6 Å². The zero-order chi connectivity index (χ0) is 7.68. The van der Waals surface area contributed by atoms with Crippen LogP contribution in [-0.4, -0.2) is 9.97 Å². The SMILES string of the molecule is NCc1cc2[nH]ccc2cn1. The topological polar surface area (TPSA) is 54.7 Å². The van der Waals surface area contributed by atoms with Crippen LogP contribution in [0.3, 0.4) is 0 Å². The standard InChI is InChI=1S/C8H9N3/c9-4-7-3-8-6(5-11-7)1-2-10-8/h1-3,5,10H,4,9H2. The zero-order valence-corrected chi connectivity index (χ0v) is 6.04. The van der Waals surface area contributed by atoms with Gasteiger partial charge in [-0.05, 0) is 12.1 Å². The molecule has 3 N–H and O–H groups in total. The number of nitrogens with one attached hydrogen (secondary N) is 1. The maximum atomic E-state index is 5.43. The smallest absolute Gasteiger partial charge is 0.0560 e. The van der Waals surface area contributed by atoms with E-state index < -0.39 is 0 Å². The molecule has 0 aromatic carbocycles. The number of fused-ring (bicyclic) bond motifs is 1. The summed E-state index contributed by atoms with van der Waals surface area (Å²) in [5, 5.41) is 1.13. The van der Waals surface area contributed by atoms with Crippen molar-refractivity contribution in [2.45, 2.75) is 6.54 Å². The van der Waals surface area contributed by atoms with E-state index in [4.69, 9.17) is 5.73 Å². The molecule has 0 aliphatic carbocycles. The van der Waals surface area contributed by atoms with Gasteiger partial charge in [0.15, 0.2) is 0 Å². The van der Waals surface area contributed by atoms with Crippen LogP contribution in [0.25, 0.3) is 10.9 Å². The van der Waals surface area contributed by atoms with Gasteiger partial charge in [0, 0.05) is 29.8 Å². The Kier molecular flexibility index (Phi) is 1.36. The third-order valence-electron chi connectivity index (χ3n) is 1.70. The first-order valence-electron chi connectivity index (χ1n) is 3.52. The van der Waals surface area contributed by atoms with E-state index in [2.05, 4.69) is 9.97 Å². The summed E-state index contributed by atoms with van der Waals surface area (Å²) in [6, 6.07) is 3.96. The lowest BCUT2D eigenvalue weighted by Gasteiger charge is -1.94. The van der Waals surface area contributed by atoms with Gasteiger partial charge in [0.1, 0.15) is 0 Å². The first-order valence-corrected chi connectivity index (χ1v) is 3.52. The number of hydrogen-bond acceptors (Lipinski definition) is 2. The molecule has 0 atom stereocenters. The van der Waals surface area contributed by atoms with Crippen molar-refractivity contribution in [3.05, 3.63) is 30.2 Å². The molecule has 0 fully saturated rings. The number of H-pyrrole nitrogens is 1. The van der Waals surface area contributed by atoms with Gasteiger partial charge < -0.3 is 10.7 Å². The molecular weight excluding hydrogens is 138 g/mol. The Bertz CT molecular complexity index is 364. The number of nitrogens with zero attached hydrogens (tertiary/aromatic N) is 1. The predicted octanol–water partition coefficient (Wildman–Crippen LogP) is 1.02. The average molecular weight is 147 g/mol. The van der Waals surface area contributed by atoms with E-state index in [9.17, 15) is 0 Å². The van der Waals surface area contributed by atoms with Crippen molar-refractivity contribution in [1.82, 2.24) is 9.97 Å². The lowest BCUT2D eigenvalue weighted by molar-refractivity contribution is 0.997. The third kappa shape index (κ3) is 0.991. The lowest BCUT2D eigenvalue weighted by atomic mass is 10.3. The van der Waals surface area contributed by atoms with Crippen molar-refractivity contribution in [2.24, 2.45) is 5.73 Å². The number of aromatic amines is 1. The minimum absolute atomic E-state index is 0.495. The van der Waals surface area contributed by atoms with Gasteiger partial charge in [0.2, 0.25) is 0 Å². The maximum absolute atomic E-state index is 5.43. The summed E-state index contributed by atoms with van der Waals surface area (Å²) in [7, 11) is 0. The van der Waals surface area contributed by atoms with Crippen molar-refractivity contribution in [3.63, 3.8) is 0 Å². The molecule has 2 aromatic rings. The van der Waals surface area contributed by atoms with Crippen LogP contribution in [0.1, 0.15) is 5.69 Å². The fraction of sp³-hybridized carbons (Fsp3) is 0.125. The Morgan fingerprint density at radius 2 is 2.45 bits per heavy atom. The van der Waals surface area contributed by atoms with Crippen LogP contribution in [0.15, 0.2) is 24.5 Å². The molecule has 0 aliphatic rings. The summed E-state index contributed by atoms with van der Waals surface area (Å²) in [5.41, 5.74) is 7.45. The van der Waals surface area contributed by atoms with Crippen molar-refractivity contribution in [2.75, 3.05) is 0 Å². The monoisotopic (exact) mass is 147 g/mol. The molecule has 0 bridgehead atoms. The van der Waals surface area contributed by atoms with Gasteiger partial charge >= 0.3 is 0 Å². The van der Waals surface area contributed by atoms with Crippen LogP contribution >= 0.6 is 0 Å². The second kappa shape index (κ2) is 2.36. The van der Waals surface area contributed by atoms with Gasteiger partial charge in [-0.2, -0.15) is 0 Å². The van der Waals surface area contributed by atoms with E-state index in [1.54, 1.807) is 0 Å². The van der Waals surface area contributed by atoms with Crippen molar-refractivity contribution in [3.8, 4) is 0 Å². The Hall–Kier alpha value is -1.35. The van der Waals surface area contributed by atoms with E-state index >= 15 is 0 Å². The quantitative estimate of drug-likeness (QED) is 0.632. The van der Waals surface area contributed by atoms with Crippen molar-refractivity contribution >= 4 is 10.9 Å². The molecule has 56 valence electrons. The van der Waals surface area contributed by atoms with Crippen molar-refractivity contribution in [1.29, 1.82) is 0 Å². The second-order valence-electron chi connectivity index (χ2n) is 2.44. The highest BCUT2D eigenvalue weighted by molar-refractivity contribution is 5.78. The summed E-state index contributed by atoms with van der Waals surface area (Å²) >= 11 is 0. The minimum atomic E-state index is 0.495. The highest BCUT2D eigenvalue weighted by Gasteiger charge is 1.95. The van der Waals surface area contributed by atoms with Crippen LogP contribution in [0.2, 0.25) is 0 Å². The van der Waals surface area contributed by atoms with Crippen LogP contribution in [0.5, 0.6) is 0 Å². The molecular formula is C8H9N3. The molecule has 0 saturated heterocycles. The molecule has 0 unspecified atom stereocenters. The molecule has 2 aromatic heterocycles. The number of hydrogen-bond donors (Lipinski definition) is 2. The van der Waals surface area contributed by atoms with E-state index in [1.807, 2.05) is 24.5 Å². The van der Waals surface area contributed by atoms with Gasteiger partial charge in [-0.25, -0.2) is 0 Å². The number of nitrogens with two attached hydrogens (primary N) is 1. The largest absolute Gasteiger partial charge is 0.361 e. The Labute approximate surface area is 64.2 Å². The third-order valence-corrected chi connectivity index (χ3v) is 1.70. The lowest BCUT2D eigenvalue weighted by Crippen LogP contribution is -1.98. The zero-order valence-electron chi connectivity index (χ0n) is 6.04. The summed E-state index contributed by atoms with van der Waals surface area (Å²) in [6.45, 7) is 0.495. The van der Waals surface area contributed by atoms with Crippen LogP contribution in [-0.2, 0) is 6.54 Å². The van der Waals surface area contributed by atoms with Gasteiger partial charge in [-0.15, -0.1) is 0 Å². The van der Waals surface area contributed by atoms with Gasteiger partial charge in [0.25, 0.3) is 0 Å². The Morgan fingerprint density at radius 3 is 3.27 bits per heavy atom. The molecule has 0 aliphatic heterocycles. The molecule has 3 nitrogen and oxygen atoms in total. The highest BCUT2D eigenvalue weighted by Crippen LogP contribution is 2.10. The first kappa shape index (κ1) is 6.37. The Morgan fingerprint density at radius 1 is 1.55 bits per heavy atom. The molecule has 0 amide bonds. The molecule has 0 spiro atoms. The molecule has 11 heavy (non-hydrogen) atoms. The minimum Gasteiger partial charge on any atom is -0.361 e. The average Bonchev–Trinajstić information content (AvgIpc) is 2.50. The number of pyridine rings is 1. The van der Waals surface area contributed by atoms with Crippen LogP contribution in [0, 0.1) is 0 Å². The normalized spacial score (nSPS) is 10.6. The molecule has 0 radical (unpaired) electrons. The summed E-state index contributed by atoms with van der Waals surface area (Å²) in [4.78, 5) is 7.25. The summed E-state index contributed by atoms with van der Waals surface area (Å²) in [5.74, 6) is 0.